The van der Waals surface area contributed by atoms with Crippen LogP contribution in [0.15, 0.2) is 47.5 Å². The van der Waals surface area contributed by atoms with E-state index < -0.39 is 17.6 Å². The maximum atomic E-state index is 13.1. The predicted molar refractivity (Wildman–Crippen MR) is 130 cm³/mol. The number of ether oxygens (including phenoxy) is 2. The molecular weight excluding hydrogens is 452 g/mol. The van der Waals surface area contributed by atoms with Crippen LogP contribution in [0.5, 0.6) is 5.88 Å². The molecule has 2 aliphatic rings. The number of pyridine rings is 2. The molecule has 1 fully saturated rings. The van der Waals surface area contributed by atoms with Gasteiger partial charge in [-0.05, 0) is 37.1 Å². The molecule has 5 N–H and O–H groups in total. The van der Waals surface area contributed by atoms with E-state index in [1.807, 2.05) is 19.1 Å². The fraction of sp³-hybridized carbons (Fsp3) is 0.250. The minimum atomic E-state index is -0.552. The summed E-state index contributed by atoms with van der Waals surface area (Å²) in [6, 6.07) is 8.75. The van der Waals surface area contributed by atoms with Gasteiger partial charge in [-0.1, -0.05) is 12.1 Å². The quantitative estimate of drug-likeness (QED) is 0.365. The van der Waals surface area contributed by atoms with Gasteiger partial charge in [0.05, 0.1) is 23.6 Å². The highest BCUT2D eigenvalue weighted by Crippen LogP contribution is 2.34. The number of nitrogens with zero attached hydrogens (tertiary/aromatic N) is 1. The molecule has 2 aliphatic heterocycles. The topological polar surface area (TPSA) is 146 Å². The molecule has 2 amide bonds. The molecule has 0 radical (unpaired) electrons. The van der Waals surface area contributed by atoms with Gasteiger partial charge in [-0.25, -0.2) is 9.78 Å². The summed E-state index contributed by atoms with van der Waals surface area (Å²) in [5.41, 5.74) is 3.58. The van der Waals surface area contributed by atoms with E-state index in [1.165, 1.54) is 6.20 Å². The van der Waals surface area contributed by atoms with Crippen molar-refractivity contribution in [2.24, 2.45) is 0 Å². The molecule has 35 heavy (non-hydrogen) atoms. The van der Waals surface area contributed by atoms with Crippen LogP contribution in [-0.2, 0) is 11.2 Å². The Morgan fingerprint density at radius 3 is 2.74 bits per heavy atom. The molecule has 5 rings (SSSR count). The number of fused-ring (bicyclic) bond motifs is 1. The Bertz CT molecular complexity index is 1340. The molecule has 0 bridgehead atoms. The Hall–Kier alpha value is -4.54. The molecule has 180 valence electrons. The van der Waals surface area contributed by atoms with Gasteiger partial charge < -0.3 is 35.7 Å². The van der Waals surface area contributed by atoms with Gasteiger partial charge in [0.1, 0.15) is 24.5 Å². The second kappa shape index (κ2) is 9.37. The number of aromatic amines is 1. The first-order valence-corrected chi connectivity index (χ1v) is 11.2. The molecule has 0 aliphatic carbocycles. The maximum Gasteiger partial charge on any atom is 0.407 e. The normalized spacial score (nSPS) is 16.3. The van der Waals surface area contributed by atoms with Crippen LogP contribution in [0.2, 0.25) is 0 Å². The summed E-state index contributed by atoms with van der Waals surface area (Å²) in [5.74, 6) is -0.0296. The summed E-state index contributed by atoms with van der Waals surface area (Å²) in [4.78, 5) is 43.7. The van der Waals surface area contributed by atoms with Crippen LogP contribution < -0.4 is 31.6 Å². The molecule has 0 unspecified atom stereocenters. The van der Waals surface area contributed by atoms with E-state index in [0.717, 1.165) is 16.8 Å². The zero-order valence-electron chi connectivity index (χ0n) is 18.9. The van der Waals surface area contributed by atoms with Crippen molar-refractivity contribution in [3.05, 3.63) is 69.8 Å². The van der Waals surface area contributed by atoms with E-state index in [4.69, 9.17) is 9.47 Å². The molecular formula is C24H24N6O5. The minimum Gasteiger partial charge on any atom is -0.474 e. The number of rotatable bonds is 6. The Kier molecular flexibility index (Phi) is 5.96. The van der Waals surface area contributed by atoms with E-state index in [1.54, 1.807) is 24.4 Å². The standard InChI is InChI=1S/C24H24N6O5/c1-13-18(11-27-23-20(13)25-8-9-34-23)30-17-6-7-26-21(31)19(17)22(32)28-15-4-2-14(3-5-15)10-16-12-35-24(33)29-16/h2-7,11,16,25H,8-10,12H2,1H3,(H,28,32)(H,29,33)(H2,26,30,31)/t16-/m0/s1. The van der Waals surface area contributed by atoms with Crippen LogP contribution in [0.3, 0.4) is 0 Å². The number of cyclic esters (lactones) is 1. The third-order valence-electron chi connectivity index (χ3n) is 5.84. The smallest absolute Gasteiger partial charge is 0.407 e. The summed E-state index contributed by atoms with van der Waals surface area (Å²) < 4.78 is 10.5. The van der Waals surface area contributed by atoms with Crippen molar-refractivity contribution in [1.82, 2.24) is 15.3 Å². The first-order valence-electron chi connectivity index (χ1n) is 11.2. The molecule has 11 nitrogen and oxygen atoms in total. The Morgan fingerprint density at radius 1 is 1.14 bits per heavy atom. The molecule has 0 saturated carbocycles. The van der Waals surface area contributed by atoms with Crippen molar-refractivity contribution in [3.63, 3.8) is 0 Å². The minimum absolute atomic E-state index is 0.0521. The van der Waals surface area contributed by atoms with Crippen LogP contribution in [0.4, 0.5) is 27.5 Å². The van der Waals surface area contributed by atoms with Gasteiger partial charge in [0.2, 0.25) is 5.88 Å². The van der Waals surface area contributed by atoms with Crippen molar-refractivity contribution in [3.8, 4) is 5.88 Å². The number of hydrogen-bond donors (Lipinski definition) is 5. The largest absolute Gasteiger partial charge is 0.474 e. The average molecular weight is 476 g/mol. The van der Waals surface area contributed by atoms with Gasteiger partial charge in [-0.2, -0.15) is 0 Å². The maximum absolute atomic E-state index is 13.1. The van der Waals surface area contributed by atoms with Gasteiger partial charge in [-0.3, -0.25) is 9.59 Å². The summed E-state index contributed by atoms with van der Waals surface area (Å²) in [6.45, 7) is 3.44. The fourth-order valence-electron chi connectivity index (χ4n) is 4.04. The Balaban J connectivity index is 1.33. The van der Waals surface area contributed by atoms with Crippen LogP contribution in [0, 0.1) is 6.92 Å². The summed E-state index contributed by atoms with van der Waals surface area (Å²) >= 11 is 0. The molecule has 0 spiro atoms. The number of alkyl carbamates (subject to hydrolysis) is 1. The first kappa shape index (κ1) is 22.3. The number of hydrogen-bond acceptors (Lipinski definition) is 8. The number of aromatic nitrogens is 2. The number of amides is 2. The molecule has 2 aromatic heterocycles. The highest BCUT2D eigenvalue weighted by Gasteiger charge is 2.23. The van der Waals surface area contributed by atoms with Crippen LogP contribution in [0.25, 0.3) is 0 Å². The number of carbonyl (C=O) groups excluding carboxylic acids is 2. The zero-order valence-corrected chi connectivity index (χ0v) is 18.9. The van der Waals surface area contributed by atoms with E-state index in [0.29, 0.717) is 49.1 Å². The predicted octanol–water partition coefficient (Wildman–Crippen LogP) is 2.53. The van der Waals surface area contributed by atoms with Crippen molar-refractivity contribution in [1.29, 1.82) is 0 Å². The molecule has 1 atom stereocenters. The highest BCUT2D eigenvalue weighted by atomic mass is 16.6. The third-order valence-corrected chi connectivity index (χ3v) is 5.84. The summed E-state index contributed by atoms with van der Waals surface area (Å²) in [6.07, 6.45) is 3.29. The summed E-state index contributed by atoms with van der Waals surface area (Å²) in [7, 11) is 0. The molecule has 1 aromatic carbocycles. The fourth-order valence-corrected chi connectivity index (χ4v) is 4.04. The first-order chi connectivity index (χ1) is 17.0. The molecule has 4 heterocycles. The molecule has 3 aromatic rings. The second-order valence-corrected chi connectivity index (χ2v) is 8.27. The van der Waals surface area contributed by atoms with Gasteiger partial charge in [-0.15, -0.1) is 0 Å². The van der Waals surface area contributed by atoms with E-state index in [9.17, 15) is 14.4 Å². The SMILES string of the molecule is Cc1c(Nc2cc[nH]c(=O)c2C(=O)Nc2ccc(C[C@H]3COC(=O)N3)cc2)cnc2c1NCCO2. The average Bonchev–Trinajstić information content (AvgIpc) is 3.26. The Morgan fingerprint density at radius 2 is 1.97 bits per heavy atom. The number of anilines is 4. The van der Waals surface area contributed by atoms with Gasteiger partial charge in [0.15, 0.2) is 0 Å². The molecule has 1 saturated heterocycles. The number of H-pyrrole nitrogens is 1. The van der Waals surface area contributed by atoms with Crippen molar-refractivity contribution in [2.75, 3.05) is 35.7 Å². The lowest BCUT2D eigenvalue weighted by atomic mass is 10.1. The Labute approximate surface area is 200 Å². The van der Waals surface area contributed by atoms with Gasteiger partial charge >= 0.3 is 6.09 Å². The van der Waals surface area contributed by atoms with Crippen molar-refractivity contribution < 1.29 is 19.1 Å². The van der Waals surface area contributed by atoms with Crippen LogP contribution in [-0.4, -0.2) is 47.8 Å². The summed E-state index contributed by atoms with van der Waals surface area (Å²) in [5, 5.41) is 11.9. The lowest BCUT2D eigenvalue weighted by molar-refractivity contribution is 0.102. The van der Waals surface area contributed by atoms with Crippen molar-refractivity contribution >= 4 is 34.7 Å². The van der Waals surface area contributed by atoms with E-state index in [2.05, 4.69) is 31.2 Å². The van der Waals surface area contributed by atoms with Crippen LogP contribution >= 0.6 is 0 Å². The van der Waals surface area contributed by atoms with E-state index in [-0.39, 0.29) is 11.6 Å². The van der Waals surface area contributed by atoms with Crippen molar-refractivity contribution in [2.45, 2.75) is 19.4 Å². The van der Waals surface area contributed by atoms with Crippen LogP contribution in [0.1, 0.15) is 21.5 Å². The van der Waals surface area contributed by atoms with Gasteiger partial charge in [0.25, 0.3) is 11.5 Å². The van der Waals surface area contributed by atoms with Gasteiger partial charge in [0, 0.05) is 24.0 Å². The monoisotopic (exact) mass is 476 g/mol. The zero-order chi connectivity index (χ0) is 24.4. The lowest BCUT2D eigenvalue weighted by Gasteiger charge is -2.22. The molecule has 11 heteroatoms. The number of benzene rings is 1. The second-order valence-electron chi connectivity index (χ2n) is 8.27. The number of nitrogens with one attached hydrogen (secondary N) is 5. The number of carbonyl (C=O) groups is 2. The van der Waals surface area contributed by atoms with E-state index >= 15 is 0 Å². The highest BCUT2D eigenvalue weighted by molar-refractivity contribution is 6.08. The lowest BCUT2D eigenvalue weighted by Crippen LogP contribution is -2.28. The third kappa shape index (κ3) is 4.74.